The van der Waals surface area contributed by atoms with Gasteiger partial charge in [0.25, 0.3) is 0 Å². The largest absolute Gasteiger partial charge is 0.412 e. The molecule has 1 saturated heterocycles. The number of hydrogen-bond donors (Lipinski definition) is 3. The van der Waals surface area contributed by atoms with Crippen LogP contribution in [0.4, 0.5) is 9.18 Å². The van der Waals surface area contributed by atoms with Crippen LogP contribution in [0.2, 0.25) is 5.02 Å². The summed E-state index contributed by atoms with van der Waals surface area (Å²) < 4.78 is 21.2. The Hall–Kier alpha value is -4.25. The molecule has 0 saturated carbocycles. The minimum absolute atomic E-state index is 0.0330. The Morgan fingerprint density at radius 2 is 1.93 bits per heavy atom. The molecule has 2 aromatic carbocycles. The van der Waals surface area contributed by atoms with E-state index in [1.54, 1.807) is 42.0 Å². The van der Waals surface area contributed by atoms with Gasteiger partial charge in [0, 0.05) is 60.0 Å². The number of nitrogens with one attached hydrogen (secondary N) is 3. The summed E-state index contributed by atoms with van der Waals surface area (Å²) in [6, 6.07) is 8.65. The molecule has 10 nitrogen and oxygen atoms in total. The Morgan fingerprint density at radius 3 is 2.66 bits per heavy atom. The second kappa shape index (κ2) is 12.9. The second-order valence-electron chi connectivity index (χ2n) is 9.93. The summed E-state index contributed by atoms with van der Waals surface area (Å²) in [7, 11) is 0. The highest BCUT2D eigenvalue weighted by Gasteiger charge is 2.34. The number of amides is 3. The van der Waals surface area contributed by atoms with Crippen LogP contribution < -0.4 is 15.4 Å². The van der Waals surface area contributed by atoms with Gasteiger partial charge in [-0.15, -0.1) is 0 Å². The predicted molar refractivity (Wildman–Crippen MR) is 152 cm³/mol. The minimum Gasteiger partial charge on any atom is -0.410 e. The molecule has 1 aliphatic rings. The first-order valence-corrected chi connectivity index (χ1v) is 13.6. The van der Waals surface area contributed by atoms with Crippen molar-refractivity contribution < 1.29 is 28.3 Å². The van der Waals surface area contributed by atoms with Crippen LogP contribution in [0.5, 0.6) is 5.75 Å². The number of benzene rings is 2. The van der Waals surface area contributed by atoms with Gasteiger partial charge >= 0.3 is 6.09 Å². The van der Waals surface area contributed by atoms with Gasteiger partial charge in [-0.05, 0) is 51.0 Å². The van der Waals surface area contributed by atoms with Gasteiger partial charge in [-0.2, -0.15) is 0 Å². The number of halogens is 2. The zero-order valence-electron chi connectivity index (χ0n) is 22.8. The molecule has 1 aromatic heterocycles. The molecule has 41 heavy (non-hydrogen) atoms. The lowest BCUT2D eigenvalue weighted by atomic mass is 10.1. The van der Waals surface area contributed by atoms with Crippen LogP contribution in [0.25, 0.3) is 10.9 Å². The van der Waals surface area contributed by atoms with E-state index in [0.717, 1.165) is 0 Å². The smallest absolute Gasteiger partial charge is 0.410 e. The van der Waals surface area contributed by atoms with Crippen LogP contribution in [-0.2, 0) is 22.7 Å². The van der Waals surface area contributed by atoms with Crippen molar-refractivity contribution in [3.63, 3.8) is 0 Å². The highest BCUT2D eigenvalue weighted by molar-refractivity contribution is 6.30. The SMILES string of the molecule is CC(=N)CCNC(=O)Oc1ccc2c(c1)c(C(C)=O)cn2CC(=O)N1CCC[C@H]1C(=O)NCc1cccc(Cl)c1F. The third-order valence-electron chi connectivity index (χ3n) is 6.88. The van der Waals surface area contributed by atoms with Gasteiger partial charge in [-0.3, -0.25) is 14.4 Å². The Morgan fingerprint density at radius 1 is 1.15 bits per heavy atom. The number of hydrogen-bond acceptors (Lipinski definition) is 6. The number of likely N-dealkylation sites (tertiary alicyclic amines) is 1. The molecule has 1 aliphatic heterocycles. The van der Waals surface area contributed by atoms with Crippen molar-refractivity contribution >= 4 is 51.9 Å². The van der Waals surface area contributed by atoms with Crippen molar-refractivity contribution in [1.82, 2.24) is 20.1 Å². The van der Waals surface area contributed by atoms with Gasteiger partial charge in [-0.1, -0.05) is 23.7 Å². The van der Waals surface area contributed by atoms with E-state index in [-0.39, 0.29) is 53.6 Å². The fourth-order valence-electron chi connectivity index (χ4n) is 4.81. The standard InChI is InChI=1S/C29H31ClFN5O5/c1-17(32)10-11-33-29(40)41-20-8-9-24-21(13-20)22(18(2)37)15-35(24)16-26(38)36-12-4-7-25(36)28(39)34-14-19-5-3-6-23(30)27(19)31/h3,5-6,8-9,13,15,25,32H,4,7,10-12,14,16H2,1-2H3,(H,33,40)(H,34,39)/t25-/m0/s1. The topological polar surface area (TPSA) is 134 Å². The van der Waals surface area contributed by atoms with Crippen molar-refractivity contribution in [1.29, 1.82) is 5.41 Å². The van der Waals surface area contributed by atoms with Crippen LogP contribution in [0.15, 0.2) is 42.6 Å². The number of carbonyl (C=O) groups is 4. The third-order valence-corrected chi connectivity index (χ3v) is 7.17. The molecule has 0 bridgehead atoms. The van der Waals surface area contributed by atoms with E-state index < -0.39 is 18.0 Å². The van der Waals surface area contributed by atoms with Crippen molar-refractivity contribution in [3.8, 4) is 5.75 Å². The number of Topliss-reactive ketones (excluding diaryl/α,β-unsaturated/α-hetero) is 1. The van der Waals surface area contributed by atoms with Crippen LogP contribution >= 0.6 is 11.6 Å². The summed E-state index contributed by atoms with van der Waals surface area (Å²) in [6.07, 6.45) is 2.42. The lowest BCUT2D eigenvalue weighted by Crippen LogP contribution is -2.46. The maximum Gasteiger partial charge on any atom is 0.412 e. The molecular weight excluding hydrogens is 553 g/mol. The Balaban J connectivity index is 1.46. The Labute approximate surface area is 241 Å². The van der Waals surface area contributed by atoms with E-state index in [0.29, 0.717) is 48.0 Å². The van der Waals surface area contributed by atoms with Gasteiger partial charge in [-0.25, -0.2) is 9.18 Å². The van der Waals surface area contributed by atoms with Gasteiger partial charge in [0.2, 0.25) is 11.8 Å². The Kier molecular flexibility index (Phi) is 9.38. The molecule has 3 aromatic rings. The summed E-state index contributed by atoms with van der Waals surface area (Å²) in [5.41, 5.74) is 1.63. The summed E-state index contributed by atoms with van der Waals surface area (Å²) in [5, 5.41) is 13.2. The second-order valence-corrected chi connectivity index (χ2v) is 10.3. The summed E-state index contributed by atoms with van der Waals surface area (Å²) >= 11 is 5.82. The van der Waals surface area contributed by atoms with E-state index in [2.05, 4.69) is 10.6 Å². The average Bonchev–Trinajstić information content (AvgIpc) is 3.55. The zero-order chi connectivity index (χ0) is 29.7. The van der Waals surface area contributed by atoms with Crippen molar-refractivity contribution in [2.45, 2.75) is 52.2 Å². The molecule has 2 heterocycles. The Bertz CT molecular complexity index is 1520. The summed E-state index contributed by atoms with van der Waals surface area (Å²) in [5.74, 6) is -1.28. The molecule has 1 atom stereocenters. The zero-order valence-corrected chi connectivity index (χ0v) is 23.5. The molecule has 0 radical (unpaired) electrons. The fraction of sp³-hybridized carbons (Fsp3) is 0.345. The lowest BCUT2D eigenvalue weighted by Gasteiger charge is -2.24. The average molecular weight is 584 g/mol. The highest BCUT2D eigenvalue weighted by Crippen LogP contribution is 2.28. The molecule has 3 N–H and O–H groups in total. The number of ketones is 1. The minimum atomic E-state index is -0.700. The molecule has 12 heteroatoms. The van der Waals surface area contributed by atoms with Gasteiger partial charge in [0.15, 0.2) is 5.78 Å². The van der Waals surface area contributed by atoms with Crippen LogP contribution in [0.3, 0.4) is 0 Å². The van der Waals surface area contributed by atoms with Gasteiger partial charge in [0.05, 0.1) is 5.02 Å². The molecule has 4 rings (SSSR count). The number of ether oxygens (including phenoxy) is 1. The third kappa shape index (κ3) is 7.10. The van der Waals surface area contributed by atoms with Gasteiger partial charge < -0.3 is 30.2 Å². The van der Waals surface area contributed by atoms with E-state index in [1.807, 2.05) is 0 Å². The number of carbonyl (C=O) groups excluding carboxylic acids is 4. The molecule has 0 aliphatic carbocycles. The first kappa shape index (κ1) is 29.7. The molecular formula is C29H31ClFN5O5. The molecule has 1 fully saturated rings. The normalized spacial score (nSPS) is 14.6. The van der Waals surface area contributed by atoms with E-state index in [1.165, 1.54) is 24.0 Å². The quantitative estimate of drug-likeness (QED) is 0.239. The fourth-order valence-corrected chi connectivity index (χ4v) is 5.00. The van der Waals surface area contributed by atoms with Crippen LogP contribution in [0.1, 0.15) is 49.0 Å². The molecule has 3 amide bonds. The summed E-state index contributed by atoms with van der Waals surface area (Å²) in [4.78, 5) is 52.3. The number of fused-ring (bicyclic) bond motifs is 1. The number of rotatable bonds is 10. The maximum atomic E-state index is 14.2. The van der Waals surface area contributed by atoms with Crippen molar-refractivity contribution in [3.05, 3.63) is 64.6 Å². The number of nitrogens with zero attached hydrogens (tertiary/aromatic N) is 2. The highest BCUT2D eigenvalue weighted by atomic mass is 35.5. The lowest BCUT2D eigenvalue weighted by molar-refractivity contribution is -0.138. The predicted octanol–water partition coefficient (Wildman–Crippen LogP) is 4.46. The maximum absolute atomic E-state index is 14.2. The van der Waals surface area contributed by atoms with E-state index in [9.17, 15) is 23.6 Å². The van der Waals surface area contributed by atoms with Crippen molar-refractivity contribution in [2.75, 3.05) is 13.1 Å². The van der Waals surface area contributed by atoms with Crippen molar-refractivity contribution in [2.24, 2.45) is 0 Å². The molecule has 216 valence electrons. The van der Waals surface area contributed by atoms with E-state index in [4.69, 9.17) is 21.7 Å². The first-order valence-electron chi connectivity index (χ1n) is 13.2. The molecule has 0 unspecified atom stereocenters. The number of aromatic nitrogens is 1. The van der Waals surface area contributed by atoms with Crippen LogP contribution in [-0.4, -0.2) is 58.0 Å². The van der Waals surface area contributed by atoms with Crippen LogP contribution in [0, 0.1) is 11.2 Å². The monoisotopic (exact) mass is 583 g/mol. The van der Waals surface area contributed by atoms with Gasteiger partial charge in [0.1, 0.15) is 24.2 Å². The van der Waals surface area contributed by atoms with E-state index >= 15 is 0 Å². The first-order chi connectivity index (χ1) is 19.5. The molecule has 0 spiro atoms. The summed E-state index contributed by atoms with van der Waals surface area (Å²) in [6.45, 7) is 3.54.